The van der Waals surface area contributed by atoms with Crippen LogP contribution in [0.1, 0.15) is 20.7 Å². The van der Waals surface area contributed by atoms with Crippen molar-refractivity contribution in [3.8, 4) is 5.75 Å². The molecule has 3 rings (SSSR count). The molecular formula is C21H16ClFN2O3. The van der Waals surface area contributed by atoms with E-state index in [1.54, 1.807) is 55.6 Å². The summed E-state index contributed by atoms with van der Waals surface area (Å²) in [6, 6.07) is 16.9. The first-order valence-corrected chi connectivity index (χ1v) is 8.66. The third kappa shape index (κ3) is 4.66. The van der Waals surface area contributed by atoms with E-state index in [1.807, 2.05) is 0 Å². The number of methoxy groups -OCH3 is 1. The van der Waals surface area contributed by atoms with Gasteiger partial charge in [0, 0.05) is 16.9 Å². The standard InChI is InChI=1S/C21H16ClFN2O3/c1-28-17-9-7-16(8-10-17)24-20(26)13-2-5-15(6-3-13)25-21(27)18-11-4-14(23)12-19(18)22/h2-12H,1H3,(H,24,26)(H,25,27). The molecule has 142 valence electrons. The number of hydrogen-bond donors (Lipinski definition) is 2. The average molecular weight is 399 g/mol. The Kier molecular flexibility index (Phi) is 5.91. The van der Waals surface area contributed by atoms with E-state index in [1.165, 1.54) is 6.07 Å². The van der Waals surface area contributed by atoms with Gasteiger partial charge in [0.05, 0.1) is 17.7 Å². The summed E-state index contributed by atoms with van der Waals surface area (Å²) in [5.74, 6) is -0.585. The van der Waals surface area contributed by atoms with Gasteiger partial charge in [0.25, 0.3) is 11.8 Å². The number of hydrogen-bond acceptors (Lipinski definition) is 3. The summed E-state index contributed by atoms with van der Waals surface area (Å²) >= 11 is 5.89. The molecule has 3 aromatic rings. The fraction of sp³-hybridized carbons (Fsp3) is 0.0476. The summed E-state index contributed by atoms with van der Waals surface area (Å²) in [5.41, 5.74) is 1.69. The van der Waals surface area contributed by atoms with E-state index in [0.717, 1.165) is 12.1 Å². The molecule has 28 heavy (non-hydrogen) atoms. The number of anilines is 2. The number of nitrogens with one attached hydrogen (secondary N) is 2. The van der Waals surface area contributed by atoms with Crippen LogP contribution in [0.2, 0.25) is 5.02 Å². The Hall–Kier alpha value is -3.38. The minimum atomic E-state index is -0.520. The van der Waals surface area contributed by atoms with Crippen molar-refractivity contribution in [2.75, 3.05) is 17.7 Å². The van der Waals surface area contributed by atoms with Crippen LogP contribution in [-0.4, -0.2) is 18.9 Å². The fourth-order valence-corrected chi connectivity index (χ4v) is 2.71. The van der Waals surface area contributed by atoms with Crippen molar-refractivity contribution in [2.24, 2.45) is 0 Å². The number of ether oxygens (including phenoxy) is 1. The van der Waals surface area contributed by atoms with E-state index in [4.69, 9.17) is 16.3 Å². The Morgan fingerprint density at radius 1 is 0.857 bits per heavy atom. The molecule has 0 atom stereocenters. The third-order valence-electron chi connectivity index (χ3n) is 3.93. The van der Waals surface area contributed by atoms with Crippen molar-refractivity contribution in [1.29, 1.82) is 0 Å². The first-order valence-electron chi connectivity index (χ1n) is 8.28. The van der Waals surface area contributed by atoms with E-state index in [0.29, 0.717) is 22.7 Å². The Labute approximate surface area is 166 Å². The molecule has 5 nitrogen and oxygen atoms in total. The van der Waals surface area contributed by atoms with Crippen molar-refractivity contribution in [3.05, 3.63) is 88.7 Å². The average Bonchev–Trinajstić information content (AvgIpc) is 2.69. The molecule has 0 aliphatic heterocycles. The van der Waals surface area contributed by atoms with Crippen LogP contribution in [0, 0.1) is 5.82 Å². The molecule has 0 aliphatic rings. The van der Waals surface area contributed by atoms with Gasteiger partial charge in [-0.25, -0.2) is 4.39 Å². The number of amides is 2. The number of carbonyl (C=O) groups is 2. The van der Waals surface area contributed by atoms with Gasteiger partial charge >= 0.3 is 0 Å². The highest BCUT2D eigenvalue weighted by molar-refractivity contribution is 6.34. The smallest absolute Gasteiger partial charge is 0.257 e. The van der Waals surface area contributed by atoms with Gasteiger partial charge in [0.15, 0.2) is 0 Å². The number of rotatable bonds is 5. The normalized spacial score (nSPS) is 10.2. The molecule has 0 radical (unpaired) electrons. The molecule has 2 N–H and O–H groups in total. The number of carbonyl (C=O) groups excluding carboxylic acids is 2. The predicted octanol–water partition coefficient (Wildman–Crippen LogP) is 4.99. The van der Waals surface area contributed by atoms with Crippen LogP contribution >= 0.6 is 11.6 Å². The molecule has 0 unspecified atom stereocenters. The second-order valence-electron chi connectivity index (χ2n) is 5.84. The molecular weight excluding hydrogens is 383 g/mol. The fourth-order valence-electron chi connectivity index (χ4n) is 2.45. The minimum absolute atomic E-state index is 0.0213. The topological polar surface area (TPSA) is 67.4 Å². The highest BCUT2D eigenvalue weighted by atomic mass is 35.5. The van der Waals surface area contributed by atoms with Crippen molar-refractivity contribution in [3.63, 3.8) is 0 Å². The van der Waals surface area contributed by atoms with Crippen LogP contribution < -0.4 is 15.4 Å². The molecule has 2 amide bonds. The molecule has 0 spiro atoms. The Morgan fingerprint density at radius 2 is 1.43 bits per heavy atom. The van der Waals surface area contributed by atoms with Gasteiger partial charge in [-0.05, 0) is 66.7 Å². The van der Waals surface area contributed by atoms with E-state index in [9.17, 15) is 14.0 Å². The van der Waals surface area contributed by atoms with E-state index >= 15 is 0 Å². The van der Waals surface area contributed by atoms with Gasteiger partial charge in [-0.15, -0.1) is 0 Å². The predicted molar refractivity (Wildman–Crippen MR) is 107 cm³/mol. The van der Waals surface area contributed by atoms with Gasteiger partial charge < -0.3 is 15.4 Å². The van der Waals surface area contributed by atoms with Crippen LogP contribution in [0.3, 0.4) is 0 Å². The number of benzene rings is 3. The van der Waals surface area contributed by atoms with Crippen molar-refractivity contribution in [2.45, 2.75) is 0 Å². The van der Waals surface area contributed by atoms with E-state index < -0.39 is 11.7 Å². The highest BCUT2D eigenvalue weighted by Crippen LogP contribution is 2.20. The summed E-state index contributed by atoms with van der Waals surface area (Å²) in [6.45, 7) is 0. The second-order valence-corrected chi connectivity index (χ2v) is 6.25. The Morgan fingerprint density at radius 3 is 2.00 bits per heavy atom. The first-order chi connectivity index (χ1) is 13.5. The SMILES string of the molecule is COc1ccc(NC(=O)c2ccc(NC(=O)c3ccc(F)cc3Cl)cc2)cc1. The maximum Gasteiger partial charge on any atom is 0.257 e. The van der Waals surface area contributed by atoms with Gasteiger partial charge in [0.1, 0.15) is 11.6 Å². The lowest BCUT2D eigenvalue weighted by Gasteiger charge is -2.09. The summed E-state index contributed by atoms with van der Waals surface area (Å²) in [4.78, 5) is 24.6. The molecule has 0 heterocycles. The maximum atomic E-state index is 13.1. The monoisotopic (exact) mass is 398 g/mol. The summed E-state index contributed by atoms with van der Waals surface area (Å²) in [5, 5.41) is 5.45. The largest absolute Gasteiger partial charge is 0.497 e. The third-order valence-corrected chi connectivity index (χ3v) is 4.24. The molecule has 3 aromatic carbocycles. The van der Waals surface area contributed by atoms with Crippen LogP contribution in [0.25, 0.3) is 0 Å². The van der Waals surface area contributed by atoms with Crippen LogP contribution in [0.4, 0.5) is 15.8 Å². The zero-order valence-electron chi connectivity index (χ0n) is 14.8. The van der Waals surface area contributed by atoms with Crippen molar-refractivity contribution in [1.82, 2.24) is 0 Å². The van der Waals surface area contributed by atoms with Crippen LogP contribution in [0.15, 0.2) is 66.7 Å². The quantitative estimate of drug-likeness (QED) is 0.636. The van der Waals surface area contributed by atoms with Gasteiger partial charge in [-0.1, -0.05) is 11.6 Å². The first kappa shape index (κ1) is 19.4. The zero-order valence-corrected chi connectivity index (χ0v) is 15.6. The van der Waals surface area contributed by atoms with Gasteiger partial charge in [-0.2, -0.15) is 0 Å². The lowest BCUT2D eigenvalue weighted by molar-refractivity contribution is 0.102. The van der Waals surface area contributed by atoms with Crippen molar-refractivity contribution >= 4 is 34.8 Å². The molecule has 0 saturated heterocycles. The summed E-state index contributed by atoms with van der Waals surface area (Å²) < 4.78 is 18.2. The second kappa shape index (κ2) is 8.54. The molecule has 7 heteroatoms. The molecule has 0 aromatic heterocycles. The van der Waals surface area contributed by atoms with Crippen molar-refractivity contribution < 1.29 is 18.7 Å². The molecule has 0 fully saturated rings. The Balaban J connectivity index is 1.65. The van der Waals surface area contributed by atoms with E-state index in [-0.39, 0.29) is 16.5 Å². The Bertz CT molecular complexity index is 1010. The van der Waals surface area contributed by atoms with Gasteiger partial charge in [-0.3, -0.25) is 9.59 Å². The molecule has 0 saturated carbocycles. The highest BCUT2D eigenvalue weighted by Gasteiger charge is 2.12. The molecule has 0 bridgehead atoms. The van der Waals surface area contributed by atoms with E-state index in [2.05, 4.69) is 10.6 Å². The summed E-state index contributed by atoms with van der Waals surface area (Å²) in [6.07, 6.45) is 0. The van der Waals surface area contributed by atoms with Crippen LogP contribution in [0.5, 0.6) is 5.75 Å². The van der Waals surface area contributed by atoms with Gasteiger partial charge in [0.2, 0.25) is 0 Å². The lowest BCUT2D eigenvalue weighted by atomic mass is 10.1. The zero-order chi connectivity index (χ0) is 20.1. The number of halogens is 2. The maximum absolute atomic E-state index is 13.1. The van der Waals surface area contributed by atoms with Crippen LogP contribution in [-0.2, 0) is 0 Å². The summed E-state index contributed by atoms with van der Waals surface area (Å²) in [7, 11) is 1.57. The minimum Gasteiger partial charge on any atom is -0.497 e. The molecule has 0 aliphatic carbocycles. The lowest BCUT2D eigenvalue weighted by Crippen LogP contribution is -2.14.